The van der Waals surface area contributed by atoms with E-state index in [1.54, 1.807) is 6.07 Å². The summed E-state index contributed by atoms with van der Waals surface area (Å²) in [5.74, 6) is 0.306. The van der Waals surface area contributed by atoms with Crippen molar-refractivity contribution in [1.29, 1.82) is 0 Å². The first-order valence-electron chi connectivity index (χ1n) is 5.47. The summed E-state index contributed by atoms with van der Waals surface area (Å²) in [5, 5.41) is 12.9. The van der Waals surface area contributed by atoms with E-state index in [2.05, 4.69) is 17.2 Å². The van der Waals surface area contributed by atoms with Crippen LogP contribution in [-0.2, 0) is 11.2 Å². The summed E-state index contributed by atoms with van der Waals surface area (Å²) in [7, 11) is 0. The van der Waals surface area contributed by atoms with Crippen molar-refractivity contribution in [3.63, 3.8) is 0 Å². The molecule has 0 fully saturated rings. The first kappa shape index (κ1) is 10.8. The van der Waals surface area contributed by atoms with Gasteiger partial charge < -0.3 is 15.2 Å². The van der Waals surface area contributed by atoms with Gasteiger partial charge in [0.2, 0.25) is 0 Å². The van der Waals surface area contributed by atoms with Crippen molar-refractivity contribution in [3.05, 3.63) is 23.3 Å². The number of benzene rings is 1. The van der Waals surface area contributed by atoms with E-state index in [1.165, 1.54) is 0 Å². The summed E-state index contributed by atoms with van der Waals surface area (Å²) in [5.41, 5.74) is 2.76. The molecule has 2 N–H and O–H groups in total. The number of aromatic hydroxyl groups is 1. The molecule has 1 heterocycles. The molecule has 4 heteroatoms. The van der Waals surface area contributed by atoms with Crippen LogP contribution in [0.5, 0.6) is 5.75 Å². The monoisotopic (exact) mass is 220 g/mol. The Labute approximate surface area is 95.0 Å². The first-order valence-corrected chi connectivity index (χ1v) is 5.47. The number of aryl methyl sites for hydroxylation is 1. The summed E-state index contributed by atoms with van der Waals surface area (Å²) in [6.07, 6.45) is 0.885. The second-order valence-electron chi connectivity index (χ2n) is 3.80. The summed E-state index contributed by atoms with van der Waals surface area (Å²) in [4.78, 5) is 4.16. The van der Waals surface area contributed by atoms with Crippen molar-refractivity contribution in [3.8, 4) is 5.75 Å². The number of rotatable bonds is 2. The number of nitrogens with zero attached hydrogens (tertiary/aromatic N) is 1. The minimum Gasteiger partial charge on any atom is -0.508 e. The topological polar surface area (TPSA) is 53.8 Å². The highest BCUT2D eigenvalue weighted by molar-refractivity contribution is 5.91. The van der Waals surface area contributed by atoms with Gasteiger partial charge >= 0.3 is 0 Å². The average Bonchev–Trinajstić information content (AvgIpc) is 2.77. The summed E-state index contributed by atoms with van der Waals surface area (Å²) >= 11 is 0. The third-order valence-corrected chi connectivity index (χ3v) is 2.68. The van der Waals surface area contributed by atoms with Gasteiger partial charge in [0, 0.05) is 11.3 Å². The van der Waals surface area contributed by atoms with Gasteiger partial charge in [-0.05, 0) is 31.0 Å². The fraction of sp³-hybridized carbons (Fsp3) is 0.417. The minimum atomic E-state index is 0.306. The number of anilines is 1. The fourth-order valence-corrected chi connectivity index (χ4v) is 1.62. The zero-order valence-electron chi connectivity index (χ0n) is 9.58. The zero-order valence-corrected chi connectivity index (χ0v) is 9.58. The van der Waals surface area contributed by atoms with E-state index in [4.69, 9.17) is 4.74 Å². The molecule has 1 aliphatic rings. The zero-order chi connectivity index (χ0) is 11.5. The second kappa shape index (κ2) is 4.43. The van der Waals surface area contributed by atoms with Crippen molar-refractivity contribution >= 4 is 11.7 Å². The van der Waals surface area contributed by atoms with Crippen molar-refractivity contribution in [2.45, 2.75) is 20.3 Å². The quantitative estimate of drug-likeness (QED) is 0.802. The number of ether oxygens (including phenoxy) is 1. The molecule has 4 nitrogen and oxygen atoms in total. The van der Waals surface area contributed by atoms with E-state index in [-0.39, 0.29) is 0 Å². The van der Waals surface area contributed by atoms with E-state index < -0.39 is 0 Å². The summed E-state index contributed by atoms with van der Waals surface area (Å²) < 4.78 is 5.28. The van der Waals surface area contributed by atoms with Crippen LogP contribution in [0, 0.1) is 6.92 Å². The molecule has 0 atom stereocenters. The Morgan fingerprint density at radius 2 is 2.31 bits per heavy atom. The van der Waals surface area contributed by atoms with Crippen LogP contribution in [0.25, 0.3) is 0 Å². The summed E-state index contributed by atoms with van der Waals surface area (Å²) in [6, 6.07) is 4.34. The van der Waals surface area contributed by atoms with Crippen LogP contribution in [0.3, 0.4) is 0 Å². The van der Waals surface area contributed by atoms with E-state index in [0.717, 1.165) is 23.2 Å². The number of hydrogen-bond acceptors (Lipinski definition) is 4. The Hall–Kier alpha value is -1.71. The molecular formula is C12H16N2O2. The number of phenols is 1. The first-order chi connectivity index (χ1) is 7.70. The van der Waals surface area contributed by atoms with Gasteiger partial charge in [-0.3, -0.25) is 0 Å². The molecule has 0 bridgehead atoms. The van der Waals surface area contributed by atoms with Crippen molar-refractivity contribution < 1.29 is 9.84 Å². The van der Waals surface area contributed by atoms with Gasteiger partial charge in [0.1, 0.15) is 12.4 Å². The molecule has 1 aliphatic heterocycles. The average molecular weight is 220 g/mol. The predicted octanol–water partition coefficient (Wildman–Crippen LogP) is 2.06. The molecule has 1 aromatic rings. The highest BCUT2D eigenvalue weighted by Crippen LogP contribution is 2.27. The smallest absolute Gasteiger partial charge is 0.289 e. The van der Waals surface area contributed by atoms with Crippen LogP contribution in [0.2, 0.25) is 0 Å². The third-order valence-electron chi connectivity index (χ3n) is 2.68. The maximum absolute atomic E-state index is 9.77. The lowest BCUT2D eigenvalue weighted by molar-refractivity contribution is 0.346. The highest BCUT2D eigenvalue weighted by atomic mass is 16.5. The number of hydrogen-bond donors (Lipinski definition) is 2. The number of nitrogens with one attached hydrogen (secondary N) is 1. The fourth-order valence-electron chi connectivity index (χ4n) is 1.62. The van der Waals surface area contributed by atoms with Crippen LogP contribution >= 0.6 is 0 Å². The normalized spacial score (nSPS) is 14.5. The molecule has 86 valence electrons. The lowest BCUT2D eigenvalue weighted by Crippen LogP contribution is -2.13. The SMILES string of the molecule is CCc1cc(O)c(C)c(NC2=NCCO2)c1. The van der Waals surface area contributed by atoms with E-state index in [1.807, 2.05) is 13.0 Å². The molecular weight excluding hydrogens is 204 g/mol. The number of aliphatic imine (C=N–C) groups is 1. The predicted molar refractivity (Wildman–Crippen MR) is 64.1 cm³/mol. The standard InChI is InChI=1S/C12H16N2O2/c1-3-9-6-10(8(2)11(15)7-9)14-12-13-4-5-16-12/h6-7,15H,3-5H2,1-2H3,(H,13,14). The van der Waals surface area contributed by atoms with E-state index >= 15 is 0 Å². The molecule has 1 aromatic carbocycles. The van der Waals surface area contributed by atoms with E-state index in [0.29, 0.717) is 24.9 Å². The van der Waals surface area contributed by atoms with Crippen LogP contribution in [0.15, 0.2) is 17.1 Å². The molecule has 0 saturated heterocycles. The second-order valence-corrected chi connectivity index (χ2v) is 3.80. The van der Waals surface area contributed by atoms with Crippen molar-refractivity contribution in [1.82, 2.24) is 0 Å². The highest BCUT2D eigenvalue weighted by Gasteiger charge is 2.11. The third kappa shape index (κ3) is 2.10. The van der Waals surface area contributed by atoms with Crippen LogP contribution in [-0.4, -0.2) is 24.3 Å². The van der Waals surface area contributed by atoms with E-state index in [9.17, 15) is 5.11 Å². The van der Waals surface area contributed by atoms with Gasteiger partial charge in [-0.1, -0.05) is 6.92 Å². The molecule has 0 unspecified atom stereocenters. The molecule has 0 aromatic heterocycles. The maximum atomic E-state index is 9.77. The maximum Gasteiger partial charge on any atom is 0.289 e. The Morgan fingerprint density at radius 3 is 2.94 bits per heavy atom. The summed E-state index contributed by atoms with van der Waals surface area (Å²) in [6.45, 7) is 5.24. The number of phenolic OH excluding ortho intramolecular Hbond substituents is 1. The Bertz CT molecular complexity index is 427. The largest absolute Gasteiger partial charge is 0.508 e. The van der Waals surface area contributed by atoms with Crippen molar-refractivity contribution in [2.75, 3.05) is 18.5 Å². The molecule has 0 amide bonds. The minimum absolute atomic E-state index is 0.306. The lowest BCUT2D eigenvalue weighted by Gasteiger charge is -2.12. The van der Waals surface area contributed by atoms with Gasteiger partial charge in [-0.25, -0.2) is 4.99 Å². The molecule has 16 heavy (non-hydrogen) atoms. The van der Waals surface area contributed by atoms with Gasteiger partial charge in [0.15, 0.2) is 0 Å². The number of amidine groups is 1. The Morgan fingerprint density at radius 1 is 1.50 bits per heavy atom. The Balaban J connectivity index is 2.28. The van der Waals surface area contributed by atoms with Gasteiger partial charge in [-0.15, -0.1) is 0 Å². The van der Waals surface area contributed by atoms with Crippen LogP contribution in [0.1, 0.15) is 18.1 Å². The van der Waals surface area contributed by atoms with Crippen LogP contribution in [0.4, 0.5) is 5.69 Å². The molecule has 0 aliphatic carbocycles. The molecule has 0 radical (unpaired) electrons. The van der Waals surface area contributed by atoms with Gasteiger partial charge in [0.05, 0.1) is 6.54 Å². The molecule has 0 spiro atoms. The van der Waals surface area contributed by atoms with Crippen LogP contribution < -0.4 is 5.32 Å². The molecule has 0 saturated carbocycles. The van der Waals surface area contributed by atoms with Crippen molar-refractivity contribution in [2.24, 2.45) is 4.99 Å². The lowest BCUT2D eigenvalue weighted by atomic mass is 10.1. The Kier molecular flexibility index (Phi) is 2.99. The molecule has 2 rings (SSSR count). The van der Waals surface area contributed by atoms with Gasteiger partial charge in [-0.2, -0.15) is 0 Å². The van der Waals surface area contributed by atoms with Gasteiger partial charge in [0.25, 0.3) is 6.02 Å².